The van der Waals surface area contributed by atoms with E-state index in [9.17, 15) is 4.79 Å². The summed E-state index contributed by atoms with van der Waals surface area (Å²) in [4.78, 5) is 17.0. The Morgan fingerprint density at radius 3 is 2.90 bits per heavy atom. The Bertz CT molecular complexity index is 502. The van der Waals surface area contributed by atoms with Gasteiger partial charge in [0, 0.05) is 12.6 Å². The molecule has 2 rings (SSSR count). The van der Waals surface area contributed by atoms with Crippen molar-refractivity contribution in [3.8, 4) is 5.75 Å². The van der Waals surface area contributed by atoms with Crippen LogP contribution in [0.5, 0.6) is 5.75 Å². The molecule has 0 bridgehead atoms. The zero-order valence-electron chi connectivity index (χ0n) is 13.6. The van der Waals surface area contributed by atoms with Crippen molar-refractivity contribution in [1.29, 1.82) is 0 Å². The topological polar surface area (TPSA) is 32.8 Å². The van der Waals surface area contributed by atoms with Crippen LogP contribution in [0.25, 0.3) is 0 Å². The molecule has 0 aliphatic carbocycles. The number of carbonyl (C=O) groups is 1. The maximum atomic E-state index is 12.5. The zero-order valence-corrected chi connectivity index (χ0v) is 13.6. The molecule has 0 saturated carbocycles. The lowest BCUT2D eigenvalue weighted by Crippen LogP contribution is -2.46. The minimum absolute atomic E-state index is 0.127. The molecule has 1 aromatic rings. The highest BCUT2D eigenvalue weighted by molar-refractivity contribution is 6.00. The van der Waals surface area contributed by atoms with Gasteiger partial charge in [0.2, 0.25) is 0 Å². The number of rotatable bonds is 5. The Balaban J connectivity index is 2.03. The average molecular weight is 290 g/mol. The number of likely N-dealkylation sites (N-methyl/N-ethyl adjacent to an activating group) is 2. The van der Waals surface area contributed by atoms with Gasteiger partial charge in [-0.05, 0) is 58.1 Å². The highest BCUT2D eigenvalue weighted by Gasteiger charge is 2.23. The second kappa shape index (κ2) is 7.05. The molecule has 1 atom stereocenters. The van der Waals surface area contributed by atoms with E-state index in [1.807, 2.05) is 32.2 Å². The van der Waals surface area contributed by atoms with Crippen LogP contribution < -0.4 is 4.74 Å². The van der Waals surface area contributed by atoms with Crippen LogP contribution in [-0.2, 0) is 0 Å². The van der Waals surface area contributed by atoms with Gasteiger partial charge in [-0.25, -0.2) is 0 Å². The van der Waals surface area contributed by atoms with Gasteiger partial charge in [-0.3, -0.25) is 9.69 Å². The van der Waals surface area contributed by atoms with Crippen molar-refractivity contribution < 1.29 is 9.53 Å². The second-order valence-corrected chi connectivity index (χ2v) is 6.10. The van der Waals surface area contributed by atoms with Gasteiger partial charge in [0.25, 0.3) is 0 Å². The van der Waals surface area contributed by atoms with Gasteiger partial charge in [-0.2, -0.15) is 0 Å². The van der Waals surface area contributed by atoms with E-state index in [-0.39, 0.29) is 5.78 Å². The third kappa shape index (κ3) is 4.05. The van der Waals surface area contributed by atoms with E-state index in [2.05, 4.69) is 16.8 Å². The van der Waals surface area contributed by atoms with Gasteiger partial charge in [0.1, 0.15) is 5.75 Å². The lowest BCUT2D eigenvalue weighted by Gasteiger charge is -2.35. The Labute approximate surface area is 127 Å². The van der Waals surface area contributed by atoms with Gasteiger partial charge < -0.3 is 9.64 Å². The van der Waals surface area contributed by atoms with E-state index in [0.717, 1.165) is 18.7 Å². The first kappa shape index (κ1) is 16.0. The summed E-state index contributed by atoms with van der Waals surface area (Å²) >= 11 is 0. The lowest BCUT2D eigenvalue weighted by atomic mass is 10.0. The van der Waals surface area contributed by atoms with Crippen LogP contribution in [0.1, 0.15) is 28.8 Å². The molecule has 21 heavy (non-hydrogen) atoms. The largest absolute Gasteiger partial charge is 0.496 e. The molecule has 0 aromatic heterocycles. The molecule has 4 heteroatoms. The molecule has 0 radical (unpaired) electrons. The molecule has 0 amide bonds. The zero-order chi connectivity index (χ0) is 15.4. The number of likely N-dealkylation sites (tertiary alicyclic amines) is 1. The summed E-state index contributed by atoms with van der Waals surface area (Å²) in [6, 6.07) is 6.22. The number of ether oxygens (including phenoxy) is 1. The monoisotopic (exact) mass is 290 g/mol. The maximum Gasteiger partial charge on any atom is 0.180 e. The second-order valence-electron chi connectivity index (χ2n) is 6.10. The fourth-order valence-electron chi connectivity index (χ4n) is 2.97. The summed E-state index contributed by atoms with van der Waals surface area (Å²) < 4.78 is 5.34. The minimum atomic E-state index is 0.127. The quantitative estimate of drug-likeness (QED) is 0.779. The number of ketones is 1. The smallest absolute Gasteiger partial charge is 0.180 e. The van der Waals surface area contributed by atoms with Gasteiger partial charge in [0.15, 0.2) is 5.78 Å². The standard InChI is InChI=1S/C17H26N2O2/c1-13-7-8-15(17(10-13)21-4)16(20)12-19(3)14-6-5-9-18(2)11-14/h7-8,10,14H,5-6,9,11-12H2,1-4H3. The summed E-state index contributed by atoms with van der Waals surface area (Å²) in [6.45, 7) is 4.64. The third-order valence-corrected chi connectivity index (χ3v) is 4.27. The highest BCUT2D eigenvalue weighted by Crippen LogP contribution is 2.21. The van der Waals surface area contributed by atoms with Crippen LogP contribution in [0.2, 0.25) is 0 Å². The number of aryl methyl sites for hydroxylation is 1. The molecule has 1 unspecified atom stereocenters. The Hall–Kier alpha value is -1.39. The molecule has 0 spiro atoms. The van der Waals surface area contributed by atoms with Crippen LogP contribution in [0, 0.1) is 6.92 Å². The predicted molar refractivity (Wildman–Crippen MR) is 85.2 cm³/mol. The van der Waals surface area contributed by atoms with Gasteiger partial charge in [-0.15, -0.1) is 0 Å². The molecule has 0 N–H and O–H groups in total. The van der Waals surface area contributed by atoms with Crippen molar-refractivity contribution in [1.82, 2.24) is 9.80 Å². The molecular formula is C17H26N2O2. The van der Waals surface area contributed by atoms with Crippen molar-refractivity contribution in [2.45, 2.75) is 25.8 Å². The number of Topliss-reactive ketones (excluding diaryl/α,β-unsaturated/α-hetero) is 1. The summed E-state index contributed by atoms with van der Waals surface area (Å²) in [7, 11) is 5.80. The van der Waals surface area contributed by atoms with E-state index in [4.69, 9.17) is 4.74 Å². The number of hydrogen-bond acceptors (Lipinski definition) is 4. The fraction of sp³-hybridized carbons (Fsp3) is 0.588. The van der Waals surface area contributed by atoms with E-state index < -0.39 is 0 Å². The first-order chi connectivity index (χ1) is 10.0. The normalized spacial score (nSPS) is 19.8. The molecule has 1 heterocycles. The highest BCUT2D eigenvalue weighted by atomic mass is 16.5. The number of piperidine rings is 1. The van der Waals surface area contributed by atoms with E-state index in [1.165, 1.54) is 12.8 Å². The van der Waals surface area contributed by atoms with Crippen molar-refractivity contribution in [3.63, 3.8) is 0 Å². The van der Waals surface area contributed by atoms with Crippen molar-refractivity contribution in [2.75, 3.05) is 40.8 Å². The summed E-state index contributed by atoms with van der Waals surface area (Å²) in [5.41, 5.74) is 1.78. The van der Waals surface area contributed by atoms with E-state index in [0.29, 0.717) is 23.9 Å². The molecule has 1 fully saturated rings. The SMILES string of the molecule is COc1cc(C)ccc1C(=O)CN(C)C1CCCN(C)C1. The van der Waals surface area contributed by atoms with Crippen LogP contribution in [0.4, 0.5) is 0 Å². The van der Waals surface area contributed by atoms with E-state index >= 15 is 0 Å². The van der Waals surface area contributed by atoms with Crippen molar-refractivity contribution in [3.05, 3.63) is 29.3 Å². The first-order valence-corrected chi connectivity index (χ1v) is 7.58. The first-order valence-electron chi connectivity index (χ1n) is 7.58. The average Bonchev–Trinajstić information content (AvgIpc) is 2.46. The third-order valence-electron chi connectivity index (χ3n) is 4.27. The van der Waals surface area contributed by atoms with Crippen LogP contribution in [0.15, 0.2) is 18.2 Å². The van der Waals surface area contributed by atoms with Gasteiger partial charge >= 0.3 is 0 Å². The Morgan fingerprint density at radius 2 is 2.24 bits per heavy atom. The number of nitrogens with zero attached hydrogens (tertiary/aromatic N) is 2. The van der Waals surface area contributed by atoms with Crippen molar-refractivity contribution in [2.24, 2.45) is 0 Å². The summed E-state index contributed by atoms with van der Waals surface area (Å²) in [6.07, 6.45) is 2.37. The number of benzene rings is 1. The van der Waals surface area contributed by atoms with Crippen molar-refractivity contribution >= 4 is 5.78 Å². The summed E-state index contributed by atoms with van der Waals surface area (Å²) in [5, 5.41) is 0. The molecular weight excluding hydrogens is 264 g/mol. The number of hydrogen-bond donors (Lipinski definition) is 0. The summed E-state index contributed by atoms with van der Waals surface area (Å²) in [5.74, 6) is 0.803. The molecule has 4 nitrogen and oxygen atoms in total. The van der Waals surface area contributed by atoms with Crippen LogP contribution in [-0.4, -0.2) is 62.5 Å². The van der Waals surface area contributed by atoms with Gasteiger partial charge in [-0.1, -0.05) is 6.07 Å². The molecule has 116 valence electrons. The lowest BCUT2D eigenvalue weighted by molar-refractivity contribution is 0.0855. The Kier molecular flexibility index (Phi) is 5.37. The molecule has 1 aromatic carbocycles. The minimum Gasteiger partial charge on any atom is -0.496 e. The van der Waals surface area contributed by atoms with Crippen LogP contribution in [0.3, 0.4) is 0 Å². The molecule has 1 aliphatic rings. The maximum absolute atomic E-state index is 12.5. The molecule has 1 saturated heterocycles. The predicted octanol–water partition coefficient (Wildman–Crippen LogP) is 2.21. The van der Waals surface area contributed by atoms with E-state index in [1.54, 1.807) is 7.11 Å². The van der Waals surface area contributed by atoms with Crippen LogP contribution >= 0.6 is 0 Å². The molecule has 1 aliphatic heterocycles. The Morgan fingerprint density at radius 1 is 1.48 bits per heavy atom. The fourth-order valence-corrected chi connectivity index (χ4v) is 2.97. The number of carbonyl (C=O) groups excluding carboxylic acids is 1. The van der Waals surface area contributed by atoms with Gasteiger partial charge in [0.05, 0.1) is 19.2 Å². The number of methoxy groups -OCH3 is 1.